The molecule has 1 aromatic rings. The number of ether oxygens (including phenoxy) is 1. The maximum absolute atomic E-state index is 12.2. The van der Waals surface area contributed by atoms with Gasteiger partial charge >= 0.3 is 12.1 Å². The second kappa shape index (κ2) is 7.44. The van der Waals surface area contributed by atoms with Crippen LogP contribution in [-0.2, 0) is 16.1 Å². The maximum Gasteiger partial charge on any atom is 0.408 e. The van der Waals surface area contributed by atoms with Crippen LogP contribution in [0.1, 0.15) is 44.1 Å². The minimum atomic E-state index is -1.20. The molecule has 3 rings (SSSR count). The first-order chi connectivity index (χ1) is 12.0. The molecule has 1 amide bonds. The summed E-state index contributed by atoms with van der Waals surface area (Å²) in [6, 6.07) is 9.36. The molecule has 1 saturated heterocycles. The molecule has 0 radical (unpaired) electrons. The maximum atomic E-state index is 12.2. The first kappa shape index (κ1) is 17.7. The van der Waals surface area contributed by atoms with Crippen LogP contribution in [0.3, 0.4) is 0 Å². The minimum Gasteiger partial charge on any atom is -0.480 e. The number of carbonyl (C=O) groups is 2. The molecule has 1 spiro atoms. The second-order valence-electron chi connectivity index (χ2n) is 7.32. The van der Waals surface area contributed by atoms with E-state index < -0.39 is 17.6 Å². The van der Waals surface area contributed by atoms with Gasteiger partial charge in [-0.2, -0.15) is 0 Å². The Balaban J connectivity index is 1.58. The smallest absolute Gasteiger partial charge is 0.408 e. The molecule has 0 bridgehead atoms. The predicted octanol–water partition coefficient (Wildman–Crippen LogP) is 2.68. The van der Waals surface area contributed by atoms with E-state index in [-0.39, 0.29) is 12.0 Å². The van der Waals surface area contributed by atoms with E-state index in [1.54, 1.807) is 0 Å². The van der Waals surface area contributed by atoms with Gasteiger partial charge in [0.2, 0.25) is 0 Å². The van der Waals surface area contributed by atoms with E-state index in [9.17, 15) is 14.7 Å². The number of hydrogen-bond acceptors (Lipinski definition) is 4. The number of alkyl carbamates (subject to hydrolysis) is 1. The zero-order valence-corrected chi connectivity index (χ0v) is 14.4. The molecule has 1 aliphatic heterocycles. The first-order valence-corrected chi connectivity index (χ1v) is 8.97. The molecule has 6 heteroatoms. The van der Waals surface area contributed by atoms with Crippen molar-refractivity contribution in [1.82, 2.24) is 10.6 Å². The fourth-order valence-electron chi connectivity index (χ4n) is 4.01. The molecule has 25 heavy (non-hydrogen) atoms. The van der Waals surface area contributed by atoms with E-state index in [0.717, 1.165) is 44.3 Å². The van der Waals surface area contributed by atoms with Gasteiger partial charge in [-0.3, -0.25) is 0 Å². The highest BCUT2D eigenvalue weighted by Gasteiger charge is 2.48. The summed E-state index contributed by atoms with van der Waals surface area (Å²) in [6.07, 6.45) is 4.10. The number of hydrogen-bond donors (Lipinski definition) is 3. The summed E-state index contributed by atoms with van der Waals surface area (Å²) in [5.74, 6) is -0.965. The highest BCUT2D eigenvalue weighted by Crippen LogP contribution is 2.46. The van der Waals surface area contributed by atoms with Crippen LogP contribution >= 0.6 is 0 Å². The van der Waals surface area contributed by atoms with E-state index in [1.807, 2.05) is 30.3 Å². The molecule has 1 aliphatic carbocycles. The Morgan fingerprint density at radius 3 is 2.28 bits per heavy atom. The number of piperidine rings is 1. The molecule has 1 aromatic carbocycles. The third-order valence-corrected chi connectivity index (χ3v) is 5.79. The van der Waals surface area contributed by atoms with Gasteiger partial charge in [0, 0.05) is 0 Å². The van der Waals surface area contributed by atoms with Crippen LogP contribution in [0.4, 0.5) is 4.79 Å². The van der Waals surface area contributed by atoms with Crippen LogP contribution in [0.2, 0.25) is 0 Å². The van der Waals surface area contributed by atoms with E-state index in [4.69, 9.17) is 4.74 Å². The molecule has 1 heterocycles. The van der Waals surface area contributed by atoms with Crippen LogP contribution in [0.5, 0.6) is 0 Å². The normalized spacial score (nSPS) is 21.4. The molecular weight excluding hydrogens is 320 g/mol. The molecule has 1 saturated carbocycles. The highest BCUT2D eigenvalue weighted by molar-refractivity contribution is 5.84. The van der Waals surface area contributed by atoms with Crippen molar-refractivity contribution in [3.8, 4) is 0 Å². The number of carboxylic acids is 1. The van der Waals surface area contributed by atoms with Gasteiger partial charge in [-0.25, -0.2) is 9.59 Å². The minimum absolute atomic E-state index is 0.137. The average Bonchev–Trinajstić information content (AvgIpc) is 2.64. The van der Waals surface area contributed by atoms with Gasteiger partial charge in [0.15, 0.2) is 0 Å². The van der Waals surface area contributed by atoms with Crippen molar-refractivity contribution in [2.24, 2.45) is 5.41 Å². The second-order valence-corrected chi connectivity index (χ2v) is 7.32. The Morgan fingerprint density at radius 2 is 1.68 bits per heavy atom. The standard InChI is InChI=1S/C19H26N2O4/c22-16(23)19(8-6-18(7-9-19)10-12-20-13-11-18)21-17(24)25-14-15-4-2-1-3-5-15/h1-5,20H,6-14H2,(H,21,24)(H,22,23). The van der Waals surface area contributed by atoms with Crippen molar-refractivity contribution >= 4 is 12.1 Å². The third kappa shape index (κ3) is 4.12. The van der Waals surface area contributed by atoms with Gasteiger partial charge in [0.25, 0.3) is 0 Å². The fourth-order valence-corrected chi connectivity index (χ4v) is 4.01. The molecule has 3 N–H and O–H groups in total. The van der Waals surface area contributed by atoms with Crippen LogP contribution < -0.4 is 10.6 Å². The van der Waals surface area contributed by atoms with Crippen LogP contribution in [0.25, 0.3) is 0 Å². The largest absolute Gasteiger partial charge is 0.480 e. The Morgan fingerprint density at radius 1 is 1.04 bits per heavy atom. The van der Waals surface area contributed by atoms with Gasteiger partial charge in [-0.15, -0.1) is 0 Å². The third-order valence-electron chi connectivity index (χ3n) is 5.79. The van der Waals surface area contributed by atoms with Crippen molar-refractivity contribution < 1.29 is 19.4 Å². The van der Waals surface area contributed by atoms with E-state index >= 15 is 0 Å². The van der Waals surface area contributed by atoms with E-state index in [0.29, 0.717) is 12.8 Å². The summed E-state index contributed by atoms with van der Waals surface area (Å²) in [4.78, 5) is 24.0. The summed E-state index contributed by atoms with van der Waals surface area (Å²) in [6.45, 7) is 2.12. The zero-order chi connectivity index (χ0) is 17.8. The van der Waals surface area contributed by atoms with E-state index in [2.05, 4.69) is 10.6 Å². The van der Waals surface area contributed by atoms with Crippen LogP contribution in [0.15, 0.2) is 30.3 Å². The number of carbonyl (C=O) groups excluding carboxylic acids is 1. The summed E-state index contributed by atoms with van der Waals surface area (Å²) in [5, 5.41) is 15.7. The average molecular weight is 346 g/mol. The molecule has 2 fully saturated rings. The highest BCUT2D eigenvalue weighted by atomic mass is 16.5. The summed E-state index contributed by atoms with van der Waals surface area (Å²) in [7, 11) is 0. The Bertz CT molecular complexity index is 601. The Labute approximate surface area is 147 Å². The Kier molecular flexibility index (Phi) is 5.27. The number of aliphatic carboxylic acids is 1. The molecule has 0 unspecified atom stereocenters. The van der Waals surface area contributed by atoms with Crippen LogP contribution in [-0.4, -0.2) is 35.8 Å². The first-order valence-electron chi connectivity index (χ1n) is 8.97. The van der Waals surface area contributed by atoms with Gasteiger partial charge < -0.3 is 20.5 Å². The Hall–Kier alpha value is -2.08. The number of carboxylic acid groups (broad SMARTS) is 1. The van der Waals surface area contributed by atoms with Crippen LogP contribution in [0, 0.1) is 5.41 Å². The zero-order valence-electron chi connectivity index (χ0n) is 14.4. The van der Waals surface area contributed by atoms with Gasteiger partial charge in [0.05, 0.1) is 0 Å². The molecule has 6 nitrogen and oxygen atoms in total. The van der Waals surface area contributed by atoms with Crippen molar-refractivity contribution in [2.45, 2.75) is 50.7 Å². The van der Waals surface area contributed by atoms with Gasteiger partial charge in [-0.05, 0) is 62.6 Å². The van der Waals surface area contributed by atoms with Crippen molar-refractivity contribution in [3.05, 3.63) is 35.9 Å². The number of amides is 1. The topological polar surface area (TPSA) is 87.7 Å². The molecule has 136 valence electrons. The molecule has 2 aliphatic rings. The summed E-state index contributed by atoms with van der Waals surface area (Å²) >= 11 is 0. The van der Waals surface area contributed by atoms with Gasteiger partial charge in [0.1, 0.15) is 12.1 Å². The number of benzene rings is 1. The number of rotatable bonds is 4. The molecular formula is C19H26N2O4. The monoisotopic (exact) mass is 346 g/mol. The molecule has 0 aromatic heterocycles. The SMILES string of the molecule is O=C(NC1(C(=O)O)CCC2(CCNCC2)CC1)OCc1ccccc1. The van der Waals surface area contributed by atoms with Crippen molar-refractivity contribution in [2.75, 3.05) is 13.1 Å². The van der Waals surface area contributed by atoms with Crippen molar-refractivity contribution in [3.63, 3.8) is 0 Å². The quantitative estimate of drug-likeness (QED) is 0.780. The lowest BCUT2D eigenvalue weighted by Crippen LogP contribution is -2.58. The summed E-state index contributed by atoms with van der Waals surface area (Å²) in [5.41, 5.74) is -0.0942. The lowest BCUT2D eigenvalue weighted by Gasteiger charge is -2.46. The lowest BCUT2D eigenvalue weighted by molar-refractivity contribution is -0.147. The number of nitrogens with one attached hydrogen (secondary N) is 2. The summed E-state index contributed by atoms with van der Waals surface area (Å²) < 4.78 is 5.22. The fraction of sp³-hybridized carbons (Fsp3) is 0.579. The molecule has 0 atom stereocenters. The predicted molar refractivity (Wildman–Crippen MR) is 93.1 cm³/mol. The van der Waals surface area contributed by atoms with Crippen molar-refractivity contribution in [1.29, 1.82) is 0 Å². The van der Waals surface area contributed by atoms with Gasteiger partial charge in [-0.1, -0.05) is 30.3 Å². The lowest BCUT2D eigenvalue weighted by atomic mass is 9.63. The van der Waals surface area contributed by atoms with E-state index in [1.165, 1.54) is 0 Å².